The first-order valence-corrected chi connectivity index (χ1v) is 9.34. The van der Waals surface area contributed by atoms with E-state index in [0.717, 1.165) is 13.1 Å². The summed E-state index contributed by atoms with van der Waals surface area (Å²) in [6.07, 6.45) is -0.147. The number of morpholine rings is 1. The molecule has 2 aromatic rings. The van der Waals surface area contributed by atoms with Crippen molar-refractivity contribution < 1.29 is 27.8 Å². The van der Waals surface area contributed by atoms with Crippen molar-refractivity contribution in [2.45, 2.75) is 19.3 Å². The highest BCUT2D eigenvalue weighted by atomic mass is 19.3. The summed E-state index contributed by atoms with van der Waals surface area (Å²) in [6, 6.07) is 14.3. The predicted molar refractivity (Wildman–Crippen MR) is 103 cm³/mol. The zero-order valence-electron chi connectivity index (χ0n) is 16.1. The molecule has 1 unspecified atom stereocenters. The molecule has 156 valence electrons. The molecule has 6 nitrogen and oxygen atoms in total. The summed E-state index contributed by atoms with van der Waals surface area (Å²) in [5, 5.41) is 2.80. The van der Waals surface area contributed by atoms with Gasteiger partial charge < -0.3 is 19.5 Å². The molecular formula is C21H24F2N2O4. The minimum Gasteiger partial charge on any atom is -0.493 e. The average molecular weight is 406 g/mol. The fourth-order valence-corrected chi connectivity index (χ4v) is 3.20. The van der Waals surface area contributed by atoms with Crippen molar-refractivity contribution in [2.24, 2.45) is 0 Å². The molecule has 1 fully saturated rings. The molecule has 0 aliphatic carbocycles. The summed E-state index contributed by atoms with van der Waals surface area (Å²) in [6.45, 7) is 0.239. The lowest BCUT2D eigenvalue weighted by Gasteiger charge is -2.33. The highest BCUT2D eigenvalue weighted by Crippen LogP contribution is 2.29. The van der Waals surface area contributed by atoms with Crippen LogP contribution in [0.1, 0.15) is 15.9 Å². The van der Waals surface area contributed by atoms with Crippen LogP contribution in [0.3, 0.4) is 0 Å². The van der Waals surface area contributed by atoms with Gasteiger partial charge in [-0.25, -0.2) is 0 Å². The first-order valence-electron chi connectivity index (χ1n) is 9.34. The zero-order valence-corrected chi connectivity index (χ0v) is 16.1. The molecule has 1 heterocycles. The lowest BCUT2D eigenvalue weighted by Crippen LogP contribution is -2.47. The molecular weight excluding hydrogens is 382 g/mol. The van der Waals surface area contributed by atoms with Gasteiger partial charge in [0.25, 0.3) is 5.91 Å². The normalized spacial score (nSPS) is 17.2. The first kappa shape index (κ1) is 21.0. The van der Waals surface area contributed by atoms with E-state index in [-0.39, 0.29) is 23.2 Å². The molecule has 1 N–H and O–H groups in total. The number of ether oxygens (including phenoxy) is 3. The van der Waals surface area contributed by atoms with Crippen LogP contribution in [0.2, 0.25) is 0 Å². The molecule has 0 bridgehead atoms. The maximum atomic E-state index is 12.6. The molecule has 0 radical (unpaired) electrons. The fraction of sp³-hybridized carbons (Fsp3) is 0.381. The number of carbonyl (C=O) groups is 1. The van der Waals surface area contributed by atoms with Crippen LogP contribution in [-0.4, -0.2) is 56.9 Å². The number of benzene rings is 2. The number of hydrogen-bond donors (Lipinski definition) is 1. The Morgan fingerprint density at radius 1 is 1.24 bits per heavy atom. The Kier molecular flexibility index (Phi) is 7.37. The topological polar surface area (TPSA) is 60.0 Å². The predicted octanol–water partition coefficient (Wildman–Crippen LogP) is 2.93. The highest BCUT2D eigenvalue weighted by Gasteiger charge is 2.22. The second-order valence-corrected chi connectivity index (χ2v) is 6.67. The Morgan fingerprint density at radius 2 is 2.03 bits per heavy atom. The van der Waals surface area contributed by atoms with Crippen LogP contribution in [0.25, 0.3) is 0 Å². The average Bonchev–Trinajstić information content (AvgIpc) is 2.72. The van der Waals surface area contributed by atoms with Crippen LogP contribution in [0, 0.1) is 0 Å². The second kappa shape index (κ2) is 10.2. The standard InChI is InChI=1S/C21H24F2N2O4/c1-27-18-8-7-16(11-19(18)29-21(22)23)20(26)24-12-17-14-25(9-10-28-17)13-15-5-3-2-4-6-15/h2-8,11,17,21H,9-10,12-14H2,1H3,(H,24,26). The van der Waals surface area contributed by atoms with Gasteiger partial charge >= 0.3 is 6.61 Å². The van der Waals surface area contributed by atoms with Crippen molar-refractivity contribution in [3.05, 3.63) is 59.7 Å². The zero-order chi connectivity index (χ0) is 20.6. The van der Waals surface area contributed by atoms with Crippen LogP contribution in [0.4, 0.5) is 8.78 Å². The number of carbonyl (C=O) groups excluding carboxylic acids is 1. The number of rotatable bonds is 8. The van der Waals surface area contributed by atoms with Crippen molar-refractivity contribution in [1.82, 2.24) is 10.2 Å². The molecule has 1 aliphatic heterocycles. The summed E-state index contributed by atoms with van der Waals surface area (Å²) in [4.78, 5) is 14.7. The quantitative estimate of drug-likeness (QED) is 0.731. The van der Waals surface area contributed by atoms with E-state index in [4.69, 9.17) is 9.47 Å². The van der Waals surface area contributed by atoms with Gasteiger partial charge in [-0.1, -0.05) is 30.3 Å². The number of methoxy groups -OCH3 is 1. The summed E-state index contributed by atoms with van der Waals surface area (Å²) >= 11 is 0. The van der Waals surface area contributed by atoms with E-state index in [0.29, 0.717) is 19.7 Å². The largest absolute Gasteiger partial charge is 0.493 e. The molecule has 1 saturated heterocycles. The van der Waals surface area contributed by atoms with Gasteiger partial charge in [0.05, 0.1) is 19.8 Å². The third-order valence-electron chi connectivity index (χ3n) is 4.60. The Balaban J connectivity index is 1.54. The third-order valence-corrected chi connectivity index (χ3v) is 4.60. The number of alkyl halides is 2. The maximum Gasteiger partial charge on any atom is 0.387 e. The van der Waals surface area contributed by atoms with Crippen molar-refractivity contribution in [2.75, 3.05) is 33.4 Å². The number of nitrogens with zero attached hydrogens (tertiary/aromatic N) is 1. The summed E-state index contributed by atoms with van der Waals surface area (Å²) in [5.41, 5.74) is 1.43. The smallest absolute Gasteiger partial charge is 0.387 e. The van der Waals surface area contributed by atoms with E-state index < -0.39 is 12.5 Å². The number of nitrogens with one attached hydrogen (secondary N) is 1. The van der Waals surface area contributed by atoms with Gasteiger partial charge in [-0.3, -0.25) is 9.69 Å². The number of halogens is 2. The van der Waals surface area contributed by atoms with Gasteiger partial charge in [0.2, 0.25) is 0 Å². The van der Waals surface area contributed by atoms with Gasteiger partial charge in [-0.15, -0.1) is 0 Å². The van der Waals surface area contributed by atoms with Crippen molar-refractivity contribution in [1.29, 1.82) is 0 Å². The van der Waals surface area contributed by atoms with Crippen molar-refractivity contribution in [3.63, 3.8) is 0 Å². The van der Waals surface area contributed by atoms with Gasteiger partial charge in [0, 0.05) is 31.7 Å². The SMILES string of the molecule is COc1ccc(C(=O)NCC2CN(Cc3ccccc3)CCO2)cc1OC(F)F. The van der Waals surface area contributed by atoms with Gasteiger partial charge in [-0.2, -0.15) is 8.78 Å². The molecule has 3 rings (SSSR count). The Labute approximate surface area is 168 Å². The lowest BCUT2D eigenvalue weighted by atomic mass is 10.1. The molecule has 0 aromatic heterocycles. The molecule has 29 heavy (non-hydrogen) atoms. The minimum atomic E-state index is -3.01. The van der Waals surface area contributed by atoms with Gasteiger partial charge in [0.15, 0.2) is 11.5 Å². The van der Waals surface area contributed by atoms with Crippen LogP contribution >= 0.6 is 0 Å². The van der Waals surface area contributed by atoms with E-state index in [2.05, 4.69) is 27.1 Å². The molecule has 0 saturated carbocycles. The Morgan fingerprint density at radius 3 is 2.76 bits per heavy atom. The molecule has 0 spiro atoms. The van der Waals surface area contributed by atoms with Crippen LogP contribution < -0.4 is 14.8 Å². The summed E-state index contributed by atoms with van der Waals surface area (Å²) < 4.78 is 40.3. The number of amides is 1. The molecule has 1 atom stereocenters. The lowest BCUT2D eigenvalue weighted by molar-refractivity contribution is -0.0512. The van der Waals surface area contributed by atoms with Crippen molar-refractivity contribution in [3.8, 4) is 11.5 Å². The van der Waals surface area contributed by atoms with E-state index in [1.807, 2.05) is 18.2 Å². The molecule has 1 aliphatic rings. The second-order valence-electron chi connectivity index (χ2n) is 6.67. The molecule has 8 heteroatoms. The maximum absolute atomic E-state index is 12.6. The summed E-state index contributed by atoms with van der Waals surface area (Å²) in [7, 11) is 1.34. The fourth-order valence-electron chi connectivity index (χ4n) is 3.20. The van der Waals surface area contributed by atoms with E-state index in [9.17, 15) is 13.6 Å². The molecule has 1 amide bonds. The van der Waals surface area contributed by atoms with Crippen LogP contribution in [-0.2, 0) is 11.3 Å². The van der Waals surface area contributed by atoms with Crippen LogP contribution in [0.5, 0.6) is 11.5 Å². The number of hydrogen-bond acceptors (Lipinski definition) is 5. The molecule has 2 aromatic carbocycles. The Bertz CT molecular complexity index is 805. The first-order chi connectivity index (χ1) is 14.0. The van der Waals surface area contributed by atoms with E-state index in [1.165, 1.54) is 30.9 Å². The van der Waals surface area contributed by atoms with E-state index >= 15 is 0 Å². The summed E-state index contributed by atoms with van der Waals surface area (Å²) in [5.74, 6) is -0.442. The van der Waals surface area contributed by atoms with Gasteiger partial charge in [0.1, 0.15) is 0 Å². The van der Waals surface area contributed by atoms with Crippen LogP contribution in [0.15, 0.2) is 48.5 Å². The Hall–Kier alpha value is -2.71. The minimum absolute atomic E-state index is 0.133. The highest BCUT2D eigenvalue weighted by molar-refractivity contribution is 5.94. The van der Waals surface area contributed by atoms with E-state index in [1.54, 1.807) is 0 Å². The van der Waals surface area contributed by atoms with Crippen molar-refractivity contribution >= 4 is 5.91 Å². The third kappa shape index (κ3) is 6.13. The monoisotopic (exact) mass is 406 g/mol. The van der Waals surface area contributed by atoms with Gasteiger partial charge in [-0.05, 0) is 23.8 Å².